The molecule has 4 heteroatoms. The summed E-state index contributed by atoms with van der Waals surface area (Å²) in [5.74, 6) is 0. The van der Waals surface area contributed by atoms with E-state index in [4.69, 9.17) is 5.73 Å². The van der Waals surface area contributed by atoms with Gasteiger partial charge in [-0.1, -0.05) is 6.58 Å². The fourth-order valence-electron chi connectivity index (χ4n) is 0.325. The molecule has 0 spiro atoms. The van der Waals surface area contributed by atoms with Crippen molar-refractivity contribution in [1.82, 2.24) is 4.72 Å². The highest BCUT2D eigenvalue weighted by Gasteiger charge is 2.01. The molecule has 0 heterocycles. The number of hydrogen-bond donors (Lipinski definition) is 2. The largest absolute Gasteiger partial charge is 0.401 e. The predicted octanol–water partition coefficient (Wildman–Crippen LogP) is -0.270. The minimum atomic E-state index is -1.01. The van der Waals surface area contributed by atoms with E-state index < -0.39 is 11.0 Å². The molecule has 2 unspecified atom stereocenters. The first-order valence-corrected chi connectivity index (χ1v) is 4.13. The summed E-state index contributed by atoms with van der Waals surface area (Å²) in [6.07, 6.45) is 1.56. The van der Waals surface area contributed by atoms with Crippen LogP contribution < -0.4 is 10.5 Å². The molecule has 0 aromatic carbocycles. The van der Waals surface area contributed by atoms with Crippen molar-refractivity contribution in [3.63, 3.8) is 0 Å². The van der Waals surface area contributed by atoms with Crippen molar-refractivity contribution in [3.05, 3.63) is 12.3 Å². The van der Waals surface area contributed by atoms with Gasteiger partial charge in [0.25, 0.3) is 0 Å². The lowest BCUT2D eigenvalue weighted by Crippen LogP contribution is -2.31. The maximum Gasteiger partial charge on any atom is 0.0889 e. The summed E-state index contributed by atoms with van der Waals surface area (Å²) in [5, 5.41) is 0. The molecule has 54 valence electrons. The molecule has 0 aliphatic heterocycles. The van der Waals surface area contributed by atoms with Crippen LogP contribution in [-0.4, -0.2) is 16.5 Å². The maximum absolute atomic E-state index is 10.5. The minimum Gasteiger partial charge on any atom is -0.401 e. The van der Waals surface area contributed by atoms with Crippen molar-refractivity contribution in [3.8, 4) is 0 Å². The van der Waals surface area contributed by atoms with Gasteiger partial charge in [0.1, 0.15) is 0 Å². The lowest BCUT2D eigenvalue weighted by atomic mass is 10.3. The van der Waals surface area contributed by atoms with Crippen LogP contribution in [0.2, 0.25) is 0 Å². The van der Waals surface area contributed by atoms with E-state index >= 15 is 0 Å². The zero-order valence-electron chi connectivity index (χ0n) is 5.68. The maximum atomic E-state index is 10.5. The second kappa shape index (κ2) is 3.63. The number of hydrogen-bond acceptors (Lipinski definition) is 2. The Bertz CT molecular complexity index is 135. The highest BCUT2D eigenvalue weighted by molar-refractivity contribution is 7.82. The van der Waals surface area contributed by atoms with Crippen LogP contribution in [0.3, 0.4) is 0 Å². The molecule has 0 aromatic rings. The molecule has 0 amide bonds. The number of nitrogens with one attached hydrogen (secondary N) is 1. The molecule has 3 nitrogen and oxygen atoms in total. The van der Waals surface area contributed by atoms with Crippen LogP contribution in [0.1, 0.15) is 6.92 Å². The van der Waals surface area contributed by atoms with E-state index in [1.54, 1.807) is 6.26 Å². The normalized spacial score (nSPS) is 16.7. The first-order chi connectivity index (χ1) is 4.04. The molecule has 0 saturated carbocycles. The average Bonchev–Trinajstić information content (AvgIpc) is 1.63. The Labute approximate surface area is 57.9 Å². The van der Waals surface area contributed by atoms with E-state index in [9.17, 15) is 4.21 Å². The summed E-state index contributed by atoms with van der Waals surface area (Å²) >= 11 is 0. The van der Waals surface area contributed by atoms with Gasteiger partial charge in [-0.05, 0) is 6.92 Å². The summed E-state index contributed by atoms with van der Waals surface area (Å²) < 4.78 is 13.2. The van der Waals surface area contributed by atoms with Crippen LogP contribution in [0.15, 0.2) is 12.3 Å². The zero-order valence-corrected chi connectivity index (χ0v) is 6.49. The third-order valence-electron chi connectivity index (χ3n) is 0.899. The molecule has 0 aromatic heterocycles. The Morgan fingerprint density at radius 2 is 2.33 bits per heavy atom. The van der Waals surface area contributed by atoms with E-state index in [0.29, 0.717) is 5.70 Å². The molecule has 0 saturated heterocycles. The number of nitrogens with two attached hydrogens (primary N) is 1. The molecule has 0 fully saturated rings. The van der Waals surface area contributed by atoms with Gasteiger partial charge in [0.05, 0.1) is 17.0 Å². The van der Waals surface area contributed by atoms with Gasteiger partial charge < -0.3 is 5.73 Å². The number of rotatable bonds is 3. The molecule has 0 bridgehead atoms. The molecule has 0 rings (SSSR count). The van der Waals surface area contributed by atoms with Gasteiger partial charge >= 0.3 is 0 Å². The molecular weight excluding hydrogens is 136 g/mol. The van der Waals surface area contributed by atoms with Crippen LogP contribution in [0.5, 0.6) is 0 Å². The fraction of sp³-hybridized carbons (Fsp3) is 0.600. The molecule has 0 aliphatic carbocycles. The first kappa shape index (κ1) is 8.65. The quantitative estimate of drug-likeness (QED) is 0.579. The SMILES string of the molecule is C=C(N)C(C)NS(C)=O. The standard InChI is InChI=1S/C5H12N2OS/c1-4(6)5(2)7-9(3)8/h5,7H,1,6H2,2-3H3. The Morgan fingerprint density at radius 1 is 1.89 bits per heavy atom. The highest BCUT2D eigenvalue weighted by Crippen LogP contribution is 1.88. The van der Waals surface area contributed by atoms with E-state index in [1.165, 1.54) is 0 Å². The molecule has 2 atom stereocenters. The minimum absolute atomic E-state index is 0.0733. The van der Waals surface area contributed by atoms with Crippen LogP contribution in [0.25, 0.3) is 0 Å². The summed E-state index contributed by atoms with van der Waals surface area (Å²) in [7, 11) is -1.01. The van der Waals surface area contributed by atoms with Gasteiger partial charge in [0, 0.05) is 12.0 Å². The molecule has 0 aliphatic rings. The monoisotopic (exact) mass is 148 g/mol. The van der Waals surface area contributed by atoms with Crippen molar-refractivity contribution in [1.29, 1.82) is 0 Å². The lowest BCUT2D eigenvalue weighted by molar-refractivity contribution is 0.664. The van der Waals surface area contributed by atoms with Crippen LogP contribution in [0, 0.1) is 0 Å². The summed E-state index contributed by atoms with van der Waals surface area (Å²) in [5.41, 5.74) is 5.80. The van der Waals surface area contributed by atoms with Crippen molar-refractivity contribution >= 4 is 11.0 Å². The van der Waals surface area contributed by atoms with Gasteiger partial charge in [0.15, 0.2) is 0 Å². The first-order valence-electron chi connectivity index (χ1n) is 2.58. The van der Waals surface area contributed by atoms with E-state index in [0.717, 1.165) is 0 Å². The Morgan fingerprint density at radius 3 is 2.44 bits per heavy atom. The van der Waals surface area contributed by atoms with Gasteiger partial charge in [-0.15, -0.1) is 0 Å². The van der Waals surface area contributed by atoms with E-state index in [-0.39, 0.29) is 6.04 Å². The van der Waals surface area contributed by atoms with Crippen molar-refractivity contribution in [2.45, 2.75) is 13.0 Å². The molecule has 0 radical (unpaired) electrons. The lowest BCUT2D eigenvalue weighted by Gasteiger charge is -2.09. The Kier molecular flexibility index (Phi) is 3.49. The second-order valence-electron chi connectivity index (χ2n) is 1.87. The fourth-order valence-corrected chi connectivity index (χ4v) is 0.974. The summed E-state index contributed by atoms with van der Waals surface area (Å²) in [6, 6.07) is -0.0733. The van der Waals surface area contributed by atoms with Gasteiger partial charge in [-0.3, -0.25) is 0 Å². The third kappa shape index (κ3) is 4.17. The van der Waals surface area contributed by atoms with Crippen LogP contribution in [-0.2, 0) is 11.0 Å². The van der Waals surface area contributed by atoms with Crippen molar-refractivity contribution in [2.24, 2.45) is 5.73 Å². The smallest absolute Gasteiger partial charge is 0.0889 e. The van der Waals surface area contributed by atoms with Crippen molar-refractivity contribution < 1.29 is 4.21 Å². The van der Waals surface area contributed by atoms with Gasteiger partial charge in [-0.25, -0.2) is 8.93 Å². The van der Waals surface area contributed by atoms with Gasteiger partial charge in [-0.2, -0.15) is 0 Å². The molecular formula is C5H12N2OS. The summed E-state index contributed by atoms with van der Waals surface area (Å²) in [4.78, 5) is 0. The average molecular weight is 148 g/mol. The molecule has 9 heavy (non-hydrogen) atoms. The third-order valence-corrected chi connectivity index (χ3v) is 1.58. The van der Waals surface area contributed by atoms with Crippen molar-refractivity contribution in [2.75, 3.05) is 6.26 Å². The molecule has 3 N–H and O–H groups in total. The highest BCUT2D eigenvalue weighted by atomic mass is 32.2. The van der Waals surface area contributed by atoms with Crippen LogP contribution in [0.4, 0.5) is 0 Å². The van der Waals surface area contributed by atoms with Gasteiger partial charge in [0.2, 0.25) is 0 Å². The van der Waals surface area contributed by atoms with E-state index in [1.807, 2.05) is 6.92 Å². The topological polar surface area (TPSA) is 55.1 Å². The second-order valence-corrected chi connectivity index (χ2v) is 3.01. The Hall–Kier alpha value is -0.350. The predicted molar refractivity (Wildman–Crippen MR) is 40.0 cm³/mol. The van der Waals surface area contributed by atoms with E-state index in [2.05, 4.69) is 11.3 Å². The zero-order chi connectivity index (χ0) is 7.44. The summed E-state index contributed by atoms with van der Waals surface area (Å²) in [6.45, 7) is 5.30. The van der Waals surface area contributed by atoms with Crippen LogP contribution >= 0.6 is 0 Å². The Balaban J connectivity index is 3.63.